The average Bonchev–Trinajstić information content (AvgIpc) is 2.88. The fraction of sp³-hybridized carbons (Fsp3) is 0.500. The predicted octanol–water partition coefficient (Wildman–Crippen LogP) is 2.35. The second-order valence-electron chi connectivity index (χ2n) is 3.17. The van der Waals surface area contributed by atoms with Crippen LogP contribution in [0.3, 0.4) is 0 Å². The van der Waals surface area contributed by atoms with Gasteiger partial charge in [-0.25, -0.2) is 0 Å². The fourth-order valence-corrected chi connectivity index (χ4v) is 1.96. The topological polar surface area (TPSA) is 17.8 Å². The van der Waals surface area contributed by atoms with Crippen molar-refractivity contribution in [2.75, 3.05) is 0 Å². The molecule has 0 spiro atoms. The lowest BCUT2D eigenvalue weighted by Crippen LogP contribution is -2.02. The molecule has 0 amide bonds. The maximum atomic E-state index is 4.16. The van der Waals surface area contributed by atoms with Crippen LogP contribution < -0.4 is 0 Å². The van der Waals surface area contributed by atoms with Crippen LogP contribution in [0.15, 0.2) is 4.47 Å². The summed E-state index contributed by atoms with van der Waals surface area (Å²) >= 11 is 3.46. The molecule has 0 atom stereocenters. The largest absolute Gasteiger partial charge is 0.255 e. The fourth-order valence-electron chi connectivity index (χ4n) is 1.35. The molecule has 1 aromatic rings. The molecule has 1 aliphatic carbocycles. The van der Waals surface area contributed by atoms with Crippen LogP contribution in [-0.2, 0) is 6.54 Å². The molecule has 0 bridgehead atoms. The lowest BCUT2D eigenvalue weighted by atomic mass is 10.3. The zero-order valence-electron chi connectivity index (χ0n) is 7.47. The summed E-state index contributed by atoms with van der Waals surface area (Å²) in [7, 11) is 0. The molecule has 3 heteroatoms. The van der Waals surface area contributed by atoms with Gasteiger partial charge in [-0.05, 0) is 35.7 Å². The highest BCUT2D eigenvalue weighted by Crippen LogP contribution is 2.42. The normalized spacial score (nSPS) is 15.2. The molecular weight excluding hydrogens is 228 g/mol. The van der Waals surface area contributed by atoms with Crippen molar-refractivity contribution in [2.45, 2.75) is 32.2 Å². The first-order valence-corrected chi connectivity index (χ1v) is 5.15. The van der Waals surface area contributed by atoms with Crippen LogP contribution in [0.25, 0.3) is 0 Å². The zero-order chi connectivity index (χ0) is 9.26. The molecule has 1 saturated carbocycles. The Morgan fingerprint density at radius 2 is 2.46 bits per heavy atom. The van der Waals surface area contributed by atoms with Crippen molar-refractivity contribution >= 4 is 15.9 Å². The van der Waals surface area contributed by atoms with E-state index in [1.54, 1.807) is 0 Å². The third-order valence-electron chi connectivity index (χ3n) is 2.14. The lowest BCUT2D eigenvalue weighted by Gasteiger charge is -2.01. The number of aromatic nitrogens is 2. The highest BCUT2D eigenvalue weighted by atomic mass is 79.9. The zero-order valence-corrected chi connectivity index (χ0v) is 9.06. The first kappa shape index (κ1) is 8.83. The molecule has 67 valence electrons. The van der Waals surface area contributed by atoms with Crippen LogP contribution in [0.2, 0.25) is 0 Å². The van der Waals surface area contributed by atoms with Crippen LogP contribution in [0.5, 0.6) is 0 Å². The maximum Gasteiger partial charge on any atom is 0.128 e. The minimum absolute atomic E-state index is 0.685. The number of halogens is 1. The smallest absolute Gasteiger partial charge is 0.128 e. The van der Waals surface area contributed by atoms with Crippen LogP contribution in [0.1, 0.15) is 31.4 Å². The molecule has 0 saturated heterocycles. The number of hydrogen-bond donors (Lipinski definition) is 0. The molecule has 13 heavy (non-hydrogen) atoms. The summed E-state index contributed by atoms with van der Waals surface area (Å²) in [5.74, 6) is 6.57. The Balaban J connectivity index is 2.26. The van der Waals surface area contributed by atoms with Crippen molar-refractivity contribution in [3.8, 4) is 11.8 Å². The van der Waals surface area contributed by atoms with Crippen molar-refractivity contribution in [1.29, 1.82) is 0 Å². The molecule has 2 rings (SSSR count). The Labute approximate surface area is 86.5 Å². The van der Waals surface area contributed by atoms with Crippen molar-refractivity contribution in [3.05, 3.63) is 16.4 Å². The first-order valence-electron chi connectivity index (χ1n) is 4.36. The van der Waals surface area contributed by atoms with Crippen LogP contribution in [0.4, 0.5) is 0 Å². The Morgan fingerprint density at radius 1 is 1.69 bits per heavy atom. The Bertz CT molecular complexity index is 366. The van der Waals surface area contributed by atoms with E-state index >= 15 is 0 Å². The van der Waals surface area contributed by atoms with Gasteiger partial charge in [0.15, 0.2) is 0 Å². The van der Waals surface area contributed by atoms with E-state index in [0.29, 0.717) is 12.5 Å². The molecule has 1 aromatic heterocycles. The Hall–Kier alpha value is -0.750. The van der Waals surface area contributed by atoms with E-state index in [2.05, 4.69) is 39.1 Å². The molecule has 1 radical (unpaired) electrons. The Morgan fingerprint density at radius 3 is 3.08 bits per heavy atom. The maximum absolute atomic E-state index is 4.16. The van der Waals surface area contributed by atoms with Crippen molar-refractivity contribution in [1.82, 2.24) is 9.78 Å². The van der Waals surface area contributed by atoms with E-state index in [1.807, 2.05) is 11.6 Å². The Kier molecular flexibility index (Phi) is 2.41. The summed E-state index contributed by atoms with van der Waals surface area (Å²) in [6.45, 7) is 2.53. The van der Waals surface area contributed by atoms with Gasteiger partial charge in [0.1, 0.15) is 12.7 Å². The van der Waals surface area contributed by atoms with Gasteiger partial charge in [-0.2, -0.15) is 5.10 Å². The molecule has 0 aromatic carbocycles. The molecule has 2 nitrogen and oxygen atoms in total. The van der Waals surface area contributed by atoms with Crippen molar-refractivity contribution < 1.29 is 0 Å². The van der Waals surface area contributed by atoms with Gasteiger partial charge in [-0.3, -0.25) is 4.68 Å². The van der Waals surface area contributed by atoms with E-state index in [0.717, 1.165) is 4.47 Å². The van der Waals surface area contributed by atoms with Gasteiger partial charge >= 0.3 is 0 Å². The van der Waals surface area contributed by atoms with E-state index in [1.165, 1.54) is 18.5 Å². The molecule has 1 heterocycles. The summed E-state index contributed by atoms with van der Waals surface area (Å²) in [6, 6.07) is 0. The number of nitrogens with zero attached hydrogens (tertiary/aromatic N) is 2. The second kappa shape index (κ2) is 3.55. The average molecular weight is 238 g/mol. The summed E-state index contributed by atoms with van der Waals surface area (Å²) in [4.78, 5) is 0. The van der Waals surface area contributed by atoms with Crippen molar-refractivity contribution in [3.63, 3.8) is 0 Å². The number of rotatable bonds is 2. The standard InChI is InChI=1S/C10H10BrN2/c1-2-3-6-13-10(8-4-5-8)9(11)7-12-13/h8H,4-6H2,1H3. The highest BCUT2D eigenvalue weighted by Gasteiger charge is 2.29. The van der Waals surface area contributed by atoms with Gasteiger partial charge in [0.05, 0.1) is 10.2 Å². The summed E-state index contributed by atoms with van der Waals surface area (Å²) in [5.41, 5.74) is 1.27. The monoisotopic (exact) mass is 237 g/mol. The van der Waals surface area contributed by atoms with E-state index in [4.69, 9.17) is 0 Å². The van der Waals surface area contributed by atoms with Gasteiger partial charge in [0, 0.05) is 5.92 Å². The first-order chi connectivity index (χ1) is 6.33. The summed E-state index contributed by atoms with van der Waals surface area (Å²) in [5, 5.41) is 4.16. The highest BCUT2D eigenvalue weighted by molar-refractivity contribution is 9.10. The SMILES string of the molecule is CC#CCn1n[c]c(Br)c1C1CC1. The summed E-state index contributed by atoms with van der Waals surface area (Å²) in [6.07, 6.45) is 5.48. The van der Waals surface area contributed by atoms with E-state index < -0.39 is 0 Å². The van der Waals surface area contributed by atoms with Crippen LogP contribution in [0, 0.1) is 18.0 Å². The van der Waals surface area contributed by atoms with Crippen LogP contribution >= 0.6 is 15.9 Å². The number of hydrogen-bond acceptors (Lipinski definition) is 1. The van der Waals surface area contributed by atoms with Crippen LogP contribution in [-0.4, -0.2) is 9.78 Å². The van der Waals surface area contributed by atoms with Gasteiger partial charge in [-0.1, -0.05) is 5.92 Å². The molecule has 0 aliphatic heterocycles. The molecular formula is C10H10BrN2. The van der Waals surface area contributed by atoms with Gasteiger partial charge in [0.2, 0.25) is 0 Å². The lowest BCUT2D eigenvalue weighted by molar-refractivity contribution is 0.667. The minimum atomic E-state index is 0.685. The predicted molar refractivity (Wildman–Crippen MR) is 54.2 cm³/mol. The third-order valence-corrected chi connectivity index (χ3v) is 2.73. The quantitative estimate of drug-likeness (QED) is 0.723. The third kappa shape index (κ3) is 1.78. The van der Waals surface area contributed by atoms with E-state index in [9.17, 15) is 0 Å². The van der Waals surface area contributed by atoms with Gasteiger partial charge in [0.25, 0.3) is 0 Å². The van der Waals surface area contributed by atoms with Gasteiger partial charge in [-0.15, -0.1) is 5.92 Å². The molecule has 1 aliphatic rings. The van der Waals surface area contributed by atoms with E-state index in [-0.39, 0.29) is 0 Å². The molecule has 0 unspecified atom stereocenters. The second-order valence-corrected chi connectivity index (χ2v) is 3.96. The van der Waals surface area contributed by atoms with Crippen molar-refractivity contribution in [2.24, 2.45) is 0 Å². The minimum Gasteiger partial charge on any atom is -0.255 e. The molecule has 1 fully saturated rings. The molecule has 0 N–H and O–H groups in total. The summed E-state index contributed by atoms with van der Waals surface area (Å²) < 4.78 is 2.95. The van der Waals surface area contributed by atoms with Gasteiger partial charge < -0.3 is 0 Å².